The van der Waals surface area contributed by atoms with Gasteiger partial charge in [-0.25, -0.2) is 0 Å². The van der Waals surface area contributed by atoms with Gasteiger partial charge < -0.3 is 19.5 Å². The van der Waals surface area contributed by atoms with Crippen LogP contribution in [-0.2, 0) is 5.60 Å². The highest BCUT2D eigenvalue weighted by molar-refractivity contribution is 6.32. The summed E-state index contributed by atoms with van der Waals surface area (Å²) in [6.07, 6.45) is 1.14. The topological polar surface area (TPSA) is 65.7 Å². The van der Waals surface area contributed by atoms with E-state index < -0.39 is 5.60 Å². The number of hydrogen-bond donors (Lipinski definition) is 1. The van der Waals surface area contributed by atoms with Crippen LogP contribution >= 0.6 is 11.6 Å². The maximum atomic E-state index is 11.2. The zero-order valence-corrected chi connectivity index (χ0v) is 15.6. The highest BCUT2D eigenvalue weighted by Crippen LogP contribution is 2.38. The van der Waals surface area contributed by atoms with Crippen molar-refractivity contribution in [3.63, 3.8) is 0 Å². The Kier molecular flexibility index (Phi) is 5.26. The van der Waals surface area contributed by atoms with Crippen molar-refractivity contribution in [3.05, 3.63) is 52.5 Å². The summed E-state index contributed by atoms with van der Waals surface area (Å²) in [7, 11) is 3.19. The van der Waals surface area contributed by atoms with Crippen LogP contribution in [-0.4, -0.2) is 32.4 Å². The number of methoxy groups -OCH3 is 2. The molecule has 0 radical (unpaired) electrons. The highest BCUT2D eigenvalue weighted by atomic mass is 35.5. The van der Waals surface area contributed by atoms with Crippen molar-refractivity contribution in [1.29, 1.82) is 5.26 Å². The Bertz CT molecular complexity index is 817. The molecular formula is C20H21ClN2O3. The summed E-state index contributed by atoms with van der Waals surface area (Å²) in [6, 6.07) is 13.0. The number of piperidine rings is 1. The SMILES string of the molecule is COc1cc(OC)cc(C2(O)CCN(c3ccc(C#N)c(Cl)c3)CC2)c1. The number of rotatable bonds is 4. The van der Waals surface area contributed by atoms with Crippen molar-refractivity contribution in [1.82, 2.24) is 0 Å². The Hall–Kier alpha value is -2.42. The van der Waals surface area contributed by atoms with E-state index >= 15 is 0 Å². The van der Waals surface area contributed by atoms with E-state index in [0.717, 1.165) is 11.3 Å². The number of hydrogen-bond acceptors (Lipinski definition) is 5. The van der Waals surface area contributed by atoms with Crippen molar-refractivity contribution in [2.24, 2.45) is 0 Å². The van der Waals surface area contributed by atoms with Gasteiger partial charge in [-0.15, -0.1) is 0 Å². The fourth-order valence-corrected chi connectivity index (χ4v) is 3.51. The van der Waals surface area contributed by atoms with Crippen LogP contribution in [0.1, 0.15) is 24.0 Å². The molecule has 0 saturated carbocycles. The second-order valence-electron chi connectivity index (χ2n) is 6.40. The first kappa shape index (κ1) is 18.4. The van der Waals surface area contributed by atoms with Crippen LogP contribution in [0.15, 0.2) is 36.4 Å². The van der Waals surface area contributed by atoms with Crippen LogP contribution in [0.25, 0.3) is 0 Å². The van der Waals surface area contributed by atoms with E-state index in [1.54, 1.807) is 32.4 Å². The molecule has 2 aromatic carbocycles. The molecule has 136 valence electrons. The molecule has 5 nitrogen and oxygen atoms in total. The maximum absolute atomic E-state index is 11.2. The van der Waals surface area contributed by atoms with E-state index in [9.17, 15) is 5.11 Å². The second kappa shape index (κ2) is 7.45. The van der Waals surface area contributed by atoms with E-state index in [0.29, 0.717) is 48.0 Å². The summed E-state index contributed by atoms with van der Waals surface area (Å²) in [6.45, 7) is 1.36. The first-order valence-electron chi connectivity index (χ1n) is 8.39. The molecule has 0 aliphatic carbocycles. The highest BCUT2D eigenvalue weighted by Gasteiger charge is 2.35. The molecule has 3 rings (SSSR count). The van der Waals surface area contributed by atoms with Gasteiger partial charge in [-0.1, -0.05) is 11.6 Å². The molecule has 26 heavy (non-hydrogen) atoms. The first-order valence-corrected chi connectivity index (χ1v) is 8.77. The third kappa shape index (κ3) is 3.57. The third-order valence-corrected chi connectivity index (χ3v) is 5.23. The predicted octanol–water partition coefficient (Wildman–Crippen LogP) is 3.72. The zero-order chi connectivity index (χ0) is 18.7. The number of benzene rings is 2. The minimum atomic E-state index is -0.936. The molecule has 0 atom stereocenters. The number of anilines is 1. The Morgan fingerprint density at radius 3 is 2.19 bits per heavy atom. The quantitative estimate of drug-likeness (QED) is 0.886. The third-order valence-electron chi connectivity index (χ3n) is 4.92. The average Bonchev–Trinajstić information content (AvgIpc) is 2.68. The number of nitrogens with zero attached hydrogens (tertiary/aromatic N) is 2. The van der Waals surface area contributed by atoms with Crippen molar-refractivity contribution in [3.8, 4) is 17.6 Å². The fourth-order valence-electron chi connectivity index (χ4n) is 3.29. The van der Waals surface area contributed by atoms with Crippen LogP contribution < -0.4 is 14.4 Å². The van der Waals surface area contributed by atoms with Crippen LogP contribution in [0.5, 0.6) is 11.5 Å². The van der Waals surface area contributed by atoms with E-state index in [4.69, 9.17) is 26.3 Å². The number of nitriles is 1. The lowest BCUT2D eigenvalue weighted by molar-refractivity contribution is 0.0114. The number of ether oxygens (including phenoxy) is 2. The first-order chi connectivity index (χ1) is 12.5. The molecule has 1 aliphatic rings. The lowest BCUT2D eigenvalue weighted by atomic mass is 9.84. The Balaban J connectivity index is 1.79. The van der Waals surface area contributed by atoms with Crippen molar-refractivity contribution in [2.75, 3.05) is 32.2 Å². The summed E-state index contributed by atoms with van der Waals surface area (Å²) < 4.78 is 10.6. The standard InChI is InChI=1S/C20H21ClN2O3/c1-25-17-9-15(10-18(12-17)26-2)20(24)5-7-23(8-6-20)16-4-3-14(13-22)19(21)11-16/h3-4,9-12,24H,5-8H2,1-2H3. The van der Waals surface area contributed by atoms with Gasteiger partial charge in [0.05, 0.1) is 30.4 Å². The molecule has 1 saturated heterocycles. The molecule has 1 heterocycles. The van der Waals surface area contributed by atoms with Crippen molar-refractivity contribution in [2.45, 2.75) is 18.4 Å². The van der Waals surface area contributed by atoms with Gasteiger partial charge >= 0.3 is 0 Å². The summed E-state index contributed by atoms with van der Waals surface area (Å²) in [4.78, 5) is 2.17. The molecule has 0 amide bonds. The number of halogens is 1. The van der Waals surface area contributed by atoms with Gasteiger partial charge in [-0.2, -0.15) is 5.26 Å². The molecular weight excluding hydrogens is 352 g/mol. The van der Waals surface area contributed by atoms with Gasteiger partial charge in [0.2, 0.25) is 0 Å². The monoisotopic (exact) mass is 372 g/mol. The summed E-state index contributed by atoms with van der Waals surface area (Å²) in [5.74, 6) is 1.32. The molecule has 1 N–H and O–H groups in total. The lowest BCUT2D eigenvalue weighted by Gasteiger charge is -2.40. The van der Waals surface area contributed by atoms with Gasteiger partial charge in [0.1, 0.15) is 17.6 Å². The molecule has 1 fully saturated rings. The second-order valence-corrected chi connectivity index (χ2v) is 6.80. The van der Waals surface area contributed by atoms with Gasteiger partial charge in [-0.05, 0) is 48.7 Å². The lowest BCUT2D eigenvalue weighted by Crippen LogP contribution is -2.42. The van der Waals surface area contributed by atoms with E-state index in [2.05, 4.69) is 11.0 Å². The molecule has 6 heteroatoms. The van der Waals surface area contributed by atoms with Gasteiger partial charge in [0.15, 0.2) is 0 Å². The minimum absolute atomic E-state index is 0.448. The molecule has 1 aliphatic heterocycles. The molecule has 2 aromatic rings. The smallest absolute Gasteiger partial charge is 0.122 e. The molecule has 0 aromatic heterocycles. The van der Waals surface area contributed by atoms with E-state index in [1.165, 1.54) is 0 Å². The number of aliphatic hydroxyl groups is 1. The molecule has 0 spiro atoms. The predicted molar refractivity (Wildman–Crippen MR) is 101 cm³/mol. The zero-order valence-electron chi connectivity index (χ0n) is 14.8. The van der Waals surface area contributed by atoms with E-state index in [-0.39, 0.29) is 0 Å². The van der Waals surface area contributed by atoms with Crippen LogP contribution in [0.2, 0.25) is 5.02 Å². The average molecular weight is 373 g/mol. The van der Waals surface area contributed by atoms with Gasteiger partial charge in [0, 0.05) is 24.8 Å². The molecule has 0 bridgehead atoms. The Labute approximate surface area is 158 Å². The summed E-state index contributed by atoms with van der Waals surface area (Å²) in [5, 5.41) is 20.6. The van der Waals surface area contributed by atoms with E-state index in [1.807, 2.05) is 18.2 Å². The van der Waals surface area contributed by atoms with Crippen molar-refractivity contribution < 1.29 is 14.6 Å². The van der Waals surface area contributed by atoms with Gasteiger partial charge in [-0.3, -0.25) is 0 Å². The van der Waals surface area contributed by atoms with Gasteiger partial charge in [0.25, 0.3) is 0 Å². The normalized spacial score (nSPS) is 16.0. The molecule has 0 unspecified atom stereocenters. The Morgan fingerprint density at radius 2 is 1.69 bits per heavy atom. The minimum Gasteiger partial charge on any atom is -0.497 e. The maximum Gasteiger partial charge on any atom is 0.122 e. The van der Waals surface area contributed by atoms with Crippen LogP contribution in [0.4, 0.5) is 5.69 Å². The largest absolute Gasteiger partial charge is 0.497 e. The summed E-state index contributed by atoms with van der Waals surface area (Å²) >= 11 is 6.14. The fraction of sp³-hybridized carbons (Fsp3) is 0.350. The van der Waals surface area contributed by atoms with Crippen LogP contribution in [0.3, 0.4) is 0 Å². The van der Waals surface area contributed by atoms with Crippen LogP contribution in [0, 0.1) is 11.3 Å². The summed E-state index contributed by atoms with van der Waals surface area (Å²) in [5.41, 5.74) is 1.28. The Morgan fingerprint density at radius 1 is 1.08 bits per heavy atom. The van der Waals surface area contributed by atoms with Crippen molar-refractivity contribution >= 4 is 17.3 Å².